The lowest BCUT2D eigenvalue weighted by Crippen LogP contribution is -2.43. The molecule has 0 radical (unpaired) electrons. The van der Waals surface area contributed by atoms with Crippen LogP contribution in [0.25, 0.3) is 5.57 Å². The number of nitrogens with one attached hydrogen (secondary N) is 1. The number of nitrogens with zero attached hydrogens (tertiary/aromatic N) is 3. The van der Waals surface area contributed by atoms with Gasteiger partial charge in [-0.25, -0.2) is 9.38 Å². The Morgan fingerprint density at radius 3 is 2.68 bits per heavy atom. The molecule has 0 fully saturated rings. The molecule has 3 aromatic rings. The molecule has 6 nitrogen and oxygen atoms in total. The number of carbonyl (C=O) groups excluding carboxylic acids is 1. The van der Waals surface area contributed by atoms with Crippen LogP contribution in [0.1, 0.15) is 11.1 Å². The van der Waals surface area contributed by atoms with Crippen LogP contribution in [-0.2, 0) is 17.6 Å². The van der Waals surface area contributed by atoms with Crippen molar-refractivity contribution in [3.8, 4) is 0 Å². The Hall–Kier alpha value is -3.47. The molecular weight excluding hydrogens is 436 g/mol. The average Bonchev–Trinajstić information content (AvgIpc) is 3.22. The van der Waals surface area contributed by atoms with E-state index in [1.54, 1.807) is 0 Å². The van der Waals surface area contributed by atoms with Gasteiger partial charge in [-0.15, -0.1) is 0 Å². The van der Waals surface area contributed by atoms with E-state index >= 15 is 0 Å². The number of aromatic nitrogens is 1. The van der Waals surface area contributed by atoms with E-state index in [1.165, 1.54) is 39.8 Å². The Balaban J connectivity index is 1.60. The lowest BCUT2D eigenvalue weighted by Gasteiger charge is -2.26. The molecule has 2 aliphatic rings. The van der Waals surface area contributed by atoms with E-state index in [2.05, 4.69) is 10.3 Å². The standard InChI is InChI=1S/C20H12F4N4O2S/c21-11-4-5-14-13(7-11)15(17(29)26-14)16-18(30)28-9-27(8-25-19(28)31-16)12-3-1-2-10(6-12)20(22,23)24/h1-7H,8-9H2,(H,26,29). The third kappa shape index (κ3) is 3.21. The minimum absolute atomic E-state index is 0.0274. The molecular formula is C20H12F4N4O2S. The number of fused-ring (bicyclic) bond motifs is 2. The summed E-state index contributed by atoms with van der Waals surface area (Å²) in [6.45, 7) is 0.0217. The second-order valence-corrected chi connectivity index (χ2v) is 7.97. The number of alkyl halides is 3. The number of carbonyl (C=O) groups is 1. The lowest BCUT2D eigenvalue weighted by molar-refractivity contribution is -0.137. The smallest absolute Gasteiger partial charge is 0.334 e. The van der Waals surface area contributed by atoms with Crippen LogP contribution in [-0.4, -0.2) is 17.1 Å². The van der Waals surface area contributed by atoms with Gasteiger partial charge in [-0.1, -0.05) is 17.4 Å². The Bertz CT molecular complexity index is 1420. The minimum Gasteiger partial charge on any atom is -0.334 e. The van der Waals surface area contributed by atoms with Crippen LogP contribution in [0.4, 0.5) is 28.9 Å². The molecule has 0 aliphatic carbocycles. The van der Waals surface area contributed by atoms with Crippen LogP contribution < -0.4 is 25.1 Å². The number of amides is 1. The van der Waals surface area contributed by atoms with Crippen LogP contribution in [0, 0.1) is 5.82 Å². The van der Waals surface area contributed by atoms with Crippen LogP contribution in [0.15, 0.2) is 52.3 Å². The van der Waals surface area contributed by atoms with Crippen LogP contribution in [0.5, 0.6) is 0 Å². The summed E-state index contributed by atoms with van der Waals surface area (Å²) < 4.78 is 54.2. The maximum atomic E-state index is 13.7. The Morgan fingerprint density at radius 2 is 1.90 bits per heavy atom. The van der Waals surface area contributed by atoms with E-state index in [0.717, 1.165) is 23.5 Å². The van der Waals surface area contributed by atoms with Crippen molar-refractivity contribution in [2.24, 2.45) is 4.99 Å². The van der Waals surface area contributed by atoms with Gasteiger partial charge in [0.25, 0.3) is 11.5 Å². The van der Waals surface area contributed by atoms with Crippen molar-refractivity contribution in [1.29, 1.82) is 0 Å². The number of thiazole rings is 1. The van der Waals surface area contributed by atoms with Crippen molar-refractivity contribution in [3.05, 3.63) is 79.1 Å². The topological polar surface area (TPSA) is 66.7 Å². The van der Waals surface area contributed by atoms with Gasteiger partial charge in [0.1, 0.15) is 23.7 Å². The van der Waals surface area contributed by atoms with Crippen molar-refractivity contribution >= 4 is 34.2 Å². The molecule has 2 aromatic carbocycles. The zero-order valence-electron chi connectivity index (χ0n) is 15.5. The van der Waals surface area contributed by atoms with Gasteiger partial charge in [-0.3, -0.25) is 14.2 Å². The number of rotatable bonds is 1. The second-order valence-electron chi connectivity index (χ2n) is 6.99. The van der Waals surface area contributed by atoms with E-state index in [4.69, 9.17) is 0 Å². The van der Waals surface area contributed by atoms with Gasteiger partial charge in [-0.2, -0.15) is 13.2 Å². The number of halogens is 4. The van der Waals surface area contributed by atoms with Crippen molar-refractivity contribution in [3.63, 3.8) is 0 Å². The monoisotopic (exact) mass is 448 g/mol. The molecule has 31 heavy (non-hydrogen) atoms. The molecule has 0 unspecified atom stereocenters. The Kier molecular flexibility index (Phi) is 4.26. The maximum absolute atomic E-state index is 13.7. The van der Waals surface area contributed by atoms with Crippen LogP contribution in [0.2, 0.25) is 0 Å². The number of hydrogen-bond acceptors (Lipinski definition) is 5. The number of benzene rings is 2. The zero-order valence-corrected chi connectivity index (χ0v) is 16.4. The van der Waals surface area contributed by atoms with Gasteiger partial charge >= 0.3 is 6.18 Å². The van der Waals surface area contributed by atoms with Gasteiger partial charge in [0.05, 0.1) is 11.1 Å². The molecule has 1 amide bonds. The molecule has 3 heterocycles. The third-order valence-corrected chi connectivity index (χ3v) is 6.16. The normalized spacial score (nSPS) is 17.2. The molecule has 0 saturated heterocycles. The van der Waals surface area contributed by atoms with Gasteiger partial charge < -0.3 is 10.2 Å². The second kappa shape index (κ2) is 6.77. The molecule has 1 N–H and O–H groups in total. The summed E-state index contributed by atoms with van der Waals surface area (Å²) in [5, 5.41) is 2.60. The van der Waals surface area contributed by atoms with Crippen molar-refractivity contribution in [2.45, 2.75) is 12.8 Å². The largest absolute Gasteiger partial charge is 0.416 e. The van der Waals surface area contributed by atoms with E-state index in [9.17, 15) is 27.2 Å². The fraction of sp³-hybridized carbons (Fsp3) is 0.150. The molecule has 0 spiro atoms. The maximum Gasteiger partial charge on any atom is 0.416 e. The van der Waals surface area contributed by atoms with E-state index < -0.39 is 29.0 Å². The third-order valence-electron chi connectivity index (χ3n) is 5.04. The summed E-state index contributed by atoms with van der Waals surface area (Å²) in [5.41, 5.74) is -0.292. The van der Waals surface area contributed by atoms with Gasteiger partial charge in [0.2, 0.25) is 0 Å². The summed E-state index contributed by atoms with van der Waals surface area (Å²) in [6.07, 6.45) is -4.49. The van der Waals surface area contributed by atoms with E-state index in [1.807, 2.05) is 0 Å². The highest BCUT2D eigenvalue weighted by Crippen LogP contribution is 2.32. The molecule has 5 rings (SSSR count). The first kappa shape index (κ1) is 19.5. The summed E-state index contributed by atoms with van der Waals surface area (Å²) in [4.78, 5) is 31.7. The Morgan fingerprint density at radius 1 is 1.10 bits per heavy atom. The SMILES string of the molecule is O=C1Nc2ccc(F)cc2C1=c1sc2n(c1=O)CN(c1cccc(C(F)(F)F)c1)CN=2. The summed E-state index contributed by atoms with van der Waals surface area (Å²) in [5.74, 6) is -1.07. The highest BCUT2D eigenvalue weighted by Gasteiger charge is 2.31. The van der Waals surface area contributed by atoms with E-state index in [0.29, 0.717) is 10.5 Å². The molecule has 1 aromatic heterocycles. The molecule has 11 heteroatoms. The minimum atomic E-state index is -4.49. The highest BCUT2D eigenvalue weighted by atomic mass is 32.1. The average molecular weight is 448 g/mol. The summed E-state index contributed by atoms with van der Waals surface area (Å²) in [6, 6.07) is 8.56. The predicted molar refractivity (Wildman–Crippen MR) is 106 cm³/mol. The lowest BCUT2D eigenvalue weighted by atomic mass is 10.1. The molecule has 158 valence electrons. The first-order chi connectivity index (χ1) is 14.7. The fourth-order valence-corrected chi connectivity index (χ4v) is 4.63. The first-order valence-corrected chi connectivity index (χ1v) is 9.86. The van der Waals surface area contributed by atoms with Gasteiger partial charge in [0.15, 0.2) is 4.80 Å². The predicted octanol–water partition coefficient (Wildman–Crippen LogP) is 2.27. The summed E-state index contributed by atoms with van der Waals surface area (Å²) >= 11 is 0.994. The van der Waals surface area contributed by atoms with Crippen LogP contribution in [0.3, 0.4) is 0 Å². The molecule has 0 saturated carbocycles. The molecule has 2 aliphatic heterocycles. The van der Waals surface area contributed by atoms with Gasteiger partial charge in [-0.05, 0) is 36.4 Å². The van der Waals surface area contributed by atoms with Crippen molar-refractivity contribution in [1.82, 2.24) is 4.57 Å². The number of hydrogen-bond donors (Lipinski definition) is 1. The fourth-order valence-electron chi connectivity index (χ4n) is 3.57. The van der Waals surface area contributed by atoms with Crippen LogP contribution >= 0.6 is 11.3 Å². The van der Waals surface area contributed by atoms with E-state index in [-0.39, 0.29) is 34.7 Å². The molecule has 0 atom stereocenters. The summed E-state index contributed by atoms with van der Waals surface area (Å²) in [7, 11) is 0. The van der Waals surface area contributed by atoms with Crippen molar-refractivity contribution in [2.75, 3.05) is 16.9 Å². The number of anilines is 2. The van der Waals surface area contributed by atoms with Crippen molar-refractivity contribution < 1.29 is 22.4 Å². The molecule has 0 bridgehead atoms. The zero-order chi connectivity index (χ0) is 21.9. The Labute approximate surface area is 175 Å². The first-order valence-electron chi connectivity index (χ1n) is 9.04. The quantitative estimate of drug-likeness (QED) is 0.581. The highest BCUT2D eigenvalue weighted by molar-refractivity contribution is 7.07. The van der Waals surface area contributed by atoms with Gasteiger partial charge in [0, 0.05) is 16.9 Å².